The summed E-state index contributed by atoms with van der Waals surface area (Å²) >= 11 is 0. The van der Waals surface area contributed by atoms with Crippen LogP contribution in [0.25, 0.3) is 22.3 Å². The van der Waals surface area contributed by atoms with E-state index >= 15 is 0 Å². The molecular weight excluding hydrogens is 278 g/mol. The minimum atomic E-state index is -0.0440. The molecule has 22 heavy (non-hydrogen) atoms. The van der Waals surface area contributed by atoms with Crippen LogP contribution in [0.15, 0.2) is 30.9 Å². The molecular formula is C16H21N5O. The number of hydrogen-bond acceptors (Lipinski definition) is 3. The highest BCUT2D eigenvalue weighted by molar-refractivity contribution is 5.96. The van der Waals surface area contributed by atoms with Crippen LogP contribution in [-0.2, 0) is 0 Å². The summed E-state index contributed by atoms with van der Waals surface area (Å²) in [7, 11) is 0. The zero-order valence-electron chi connectivity index (χ0n) is 12.1. The molecule has 1 amide bonds. The van der Waals surface area contributed by atoms with Crippen molar-refractivity contribution >= 4 is 16.9 Å². The van der Waals surface area contributed by atoms with E-state index in [9.17, 15) is 4.79 Å². The van der Waals surface area contributed by atoms with Crippen LogP contribution < -0.4 is 5.32 Å². The van der Waals surface area contributed by atoms with Crippen LogP contribution in [0.3, 0.4) is 0 Å². The standard InChI is InChI=1S/C16H17N5O.2H2/c22-16(21-11-3-1-2-4-11)13-7-10(8-18-13)14-12-5-6-17-15(12)20-9-19-14;;/h5-9,11,18H,1-4H2,(H,21,22)(H,17,19,20);2*1H. The highest BCUT2D eigenvalue weighted by atomic mass is 16.1. The quantitative estimate of drug-likeness (QED) is 0.694. The van der Waals surface area contributed by atoms with E-state index in [4.69, 9.17) is 0 Å². The molecule has 6 nitrogen and oxygen atoms in total. The fraction of sp³-hybridized carbons (Fsp3) is 0.312. The van der Waals surface area contributed by atoms with Crippen LogP contribution in [0.2, 0.25) is 0 Å². The summed E-state index contributed by atoms with van der Waals surface area (Å²) in [5, 5.41) is 4.03. The van der Waals surface area contributed by atoms with Crippen molar-refractivity contribution in [1.29, 1.82) is 0 Å². The van der Waals surface area contributed by atoms with Gasteiger partial charge in [-0.15, -0.1) is 0 Å². The number of carbonyl (C=O) groups is 1. The molecule has 0 bridgehead atoms. The molecule has 3 N–H and O–H groups in total. The third kappa shape index (κ3) is 2.26. The predicted octanol–water partition coefficient (Wildman–Crippen LogP) is 3.12. The summed E-state index contributed by atoms with van der Waals surface area (Å²) in [5.41, 5.74) is 3.08. The van der Waals surface area contributed by atoms with Crippen molar-refractivity contribution in [2.45, 2.75) is 31.7 Å². The fourth-order valence-electron chi connectivity index (χ4n) is 3.10. The number of amides is 1. The summed E-state index contributed by atoms with van der Waals surface area (Å²) < 4.78 is 0. The normalized spacial score (nSPS) is 15.5. The van der Waals surface area contributed by atoms with E-state index in [1.807, 2.05) is 24.5 Å². The molecule has 3 aromatic heterocycles. The maximum Gasteiger partial charge on any atom is 0.267 e. The van der Waals surface area contributed by atoms with Gasteiger partial charge in [-0.3, -0.25) is 4.79 Å². The van der Waals surface area contributed by atoms with Gasteiger partial charge in [-0.05, 0) is 25.0 Å². The first kappa shape index (κ1) is 13.1. The number of nitrogens with one attached hydrogen (secondary N) is 3. The first-order valence-electron chi connectivity index (χ1n) is 7.59. The van der Waals surface area contributed by atoms with Crippen LogP contribution in [0.4, 0.5) is 0 Å². The number of H-pyrrole nitrogens is 2. The maximum absolute atomic E-state index is 12.3. The van der Waals surface area contributed by atoms with E-state index in [0.29, 0.717) is 11.7 Å². The van der Waals surface area contributed by atoms with Gasteiger partial charge >= 0.3 is 0 Å². The number of carbonyl (C=O) groups excluding carboxylic acids is 1. The van der Waals surface area contributed by atoms with E-state index in [2.05, 4.69) is 25.3 Å². The zero-order valence-corrected chi connectivity index (χ0v) is 12.1. The van der Waals surface area contributed by atoms with Crippen molar-refractivity contribution in [2.75, 3.05) is 0 Å². The van der Waals surface area contributed by atoms with Gasteiger partial charge in [-0.1, -0.05) is 12.8 Å². The average Bonchev–Trinajstić information content (AvgIpc) is 3.27. The molecule has 1 aliphatic carbocycles. The molecule has 0 unspecified atom stereocenters. The molecule has 0 radical (unpaired) electrons. The third-order valence-electron chi connectivity index (χ3n) is 4.25. The Morgan fingerprint density at radius 1 is 1.27 bits per heavy atom. The number of rotatable bonds is 3. The number of hydrogen-bond donors (Lipinski definition) is 3. The fourth-order valence-corrected chi connectivity index (χ4v) is 3.10. The lowest BCUT2D eigenvalue weighted by Gasteiger charge is -2.10. The lowest BCUT2D eigenvalue weighted by molar-refractivity contribution is 0.0933. The van der Waals surface area contributed by atoms with Gasteiger partial charge in [0, 0.05) is 32.2 Å². The Kier molecular flexibility index (Phi) is 3.14. The second kappa shape index (κ2) is 5.29. The van der Waals surface area contributed by atoms with Crippen LogP contribution in [0.5, 0.6) is 0 Å². The second-order valence-electron chi connectivity index (χ2n) is 5.72. The minimum Gasteiger partial charge on any atom is -0.357 e. The molecule has 3 heterocycles. The molecule has 0 atom stereocenters. The van der Waals surface area contributed by atoms with E-state index in [1.165, 1.54) is 19.2 Å². The van der Waals surface area contributed by atoms with Gasteiger partial charge in [0.25, 0.3) is 5.91 Å². The van der Waals surface area contributed by atoms with Gasteiger partial charge in [0.1, 0.15) is 17.7 Å². The molecule has 116 valence electrons. The second-order valence-corrected chi connectivity index (χ2v) is 5.72. The number of aromatic amines is 2. The lowest BCUT2D eigenvalue weighted by Crippen LogP contribution is -2.32. The van der Waals surface area contributed by atoms with E-state index in [0.717, 1.165) is 35.1 Å². The SMILES string of the molecule is O=C(NC1CCCC1)c1cc(-c2ncnc3[nH]ccc23)c[nH]1.[HH].[HH]. The molecule has 1 saturated carbocycles. The van der Waals surface area contributed by atoms with Crippen molar-refractivity contribution in [1.82, 2.24) is 25.3 Å². The Morgan fingerprint density at radius 2 is 2.14 bits per heavy atom. The lowest BCUT2D eigenvalue weighted by atomic mass is 10.1. The minimum absolute atomic E-state index is 0. The smallest absolute Gasteiger partial charge is 0.267 e. The number of aromatic nitrogens is 4. The van der Waals surface area contributed by atoms with Crippen LogP contribution in [0.1, 0.15) is 39.0 Å². The molecule has 0 aliphatic heterocycles. The van der Waals surface area contributed by atoms with Crippen LogP contribution in [0, 0.1) is 0 Å². The highest BCUT2D eigenvalue weighted by Crippen LogP contribution is 2.25. The highest BCUT2D eigenvalue weighted by Gasteiger charge is 2.19. The Balaban J connectivity index is 0.00000104. The van der Waals surface area contributed by atoms with Crippen molar-refractivity contribution in [3.8, 4) is 11.3 Å². The largest absolute Gasteiger partial charge is 0.357 e. The Morgan fingerprint density at radius 3 is 3.00 bits per heavy atom. The Bertz CT molecular complexity index is 823. The first-order chi connectivity index (χ1) is 10.8. The van der Waals surface area contributed by atoms with Gasteiger partial charge in [0.05, 0.1) is 5.69 Å². The van der Waals surface area contributed by atoms with Crippen molar-refractivity contribution < 1.29 is 7.65 Å². The molecule has 1 aliphatic rings. The van der Waals surface area contributed by atoms with Crippen molar-refractivity contribution in [2.24, 2.45) is 0 Å². The molecule has 4 rings (SSSR count). The van der Waals surface area contributed by atoms with Gasteiger partial charge in [0.2, 0.25) is 0 Å². The molecule has 0 aromatic carbocycles. The summed E-state index contributed by atoms with van der Waals surface area (Å²) in [6.45, 7) is 0. The summed E-state index contributed by atoms with van der Waals surface area (Å²) in [6.07, 6.45) is 9.74. The monoisotopic (exact) mass is 299 g/mol. The third-order valence-corrected chi connectivity index (χ3v) is 4.25. The summed E-state index contributed by atoms with van der Waals surface area (Å²) in [5.74, 6) is -0.0440. The molecule has 0 spiro atoms. The Labute approximate surface area is 130 Å². The Hall–Kier alpha value is -2.63. The van der Waals surface area contributed by atoms with Gasteiger partial charge in [-0.25, -0.2) is 9.97 Å². The average molecular weight is 299 g/mol. The summed E-state index contributed by atoms with van der Waals surface area (Å²) in [4.78, 5) is 26.9. The maximum atomic E-state index is 12.3. The van der Waals surface area contributed by atoms with Crippen molar-refractivity contribution in [3.05, 3.63) is 36.5 Å². The molecule has 3 aromatic rings. The molecule has 6 heteroatoms. The van der Waals surface area contributed by atoms with E-state index in [-0.39, 0.29) is 8.76 Å². The van der Waals surface area contributed by atoms with Gasteiger partial charge < -0.3 is 15.3 Å². The zero-order chi connectivity index (χ0) is 14.9. The number of fused-ring (bicyclic) bond motifs is 1. The molecule has 1 fully saturated rings. The van der Waals surface area contributed by atoms with Gasteiger partial charge in [0.15, 0.2) is 0 Å². The van der Waals surface area contributed by atoms with E-state index in [1.54, 1.807) is 0 Å². The van der Waals surface area contributed by atoms with Crippen LogP contribution in [-0.4, -0.2) is 31.9 Å². The first-order valence-corrected chi connectivity index (χ1v) is 7.59. The summed E-state index contributed by atoms with van der Waals surface area (Å²) in [6, 6.07) is 4.10. The molecule has 0 saturated heterocycles. The van der Waals surface area contributed by atoms with Gasteiger partial charge in [-0.2, -0.15) is 0 Å². The predicted molar refractivity (Wildman–Crippen MR) is 87.6 cm³/mol. The number of nitrogens with zero attached hydrogens (tertiary/aromatic N) is 2. The van der Waals surface area contributed by atoms with E-state index < -0.39 is 0 Å². The topological polar surface area (TPSA) is 86.5 Å². The van der Waals surface area contributed by atoms with Crippen LogP contribution >= 0.6 is 0 Å². The van der Waals surface area contributed by atoms with Crippen molar-refractivity contribution in [3.63, 3.8) is 0 Å².